The molecule has 3 rings (SSSR count). The van der Waals surface area contributed by atoms with Crippen LogP contribution in [-0.2, 0) is 6.54 Å². The van der Waals surface area contributed by atoms with Crippen LogP contribution in [0.15, 0.2) is 54.6 Å². The van der Waals surface area contributed by atoms with Crippen LogP contribution in [-0.4, -0.2) is 17.5 Å². The molecule has 2 N–H and O–H groups in total. The Labute approximate surface area is 125 Å². The van der Waals surface area contributed by atoms with Gasteiger partial charge in [-0.1, -0.05) is 48.5 Å². The van der Waals surface area contributed by atoms with Crippen molar-refractivity contribution < 1.29 is 4.39 Å². The average Bonchev–Trinajstić information content (AvgIpc) is 2.50. The van der Waals surface area contributed by atoms with E-state index in [0.717, 1.165) is 31.5 Å². The lowest BCUT2D eigenvalue weighted by molar-refractivity contribution is 0.117. The Balaban J connectivity index is 1.88. The second-order valence-electron chi connectivity index (χ2n) is 5.73. The third kappa shape index (κ3) is 3.14. The van der Waals surface area contributed by atoms with Gasteiger partial charge in [0.1, 0.15) is 5.82 Å². The Morgan fingerprint density at radius 3 is 2.52 bits per heavy atom. The molecule has 1 fully saturated rings. The zero-order valence-electron chi connectivity index (χ0n) is 12.1. The summed E-state index contributed by atoms with van der Waals surface area (Å²) >= 11 is 0. The molecule has 2 aromatic rings. The molecule has 2 aromatic carbocycles. The zero-order chi connectivity index (χ0) is 14.7. The van der Waals surface area contributed by atoms with Crippen molar-refractivity contribution in [2.24, 2.45) is 5.73 Å². The van der Waals surface area contributed by atoms with E-state index in [1.165, 1.54) is 11.6 Å². The first-order valence-electron chi connectivity index (χ1n) is 7.53. The largest absolute Gasteiger partial charge is 0.326 e. The van der Waals surface area contributed by atoms with Crippen LogP contribution >= 0.6 is 0 Å². The van der Waals surface area contributed by atoms with Gasteiger partial charge in [0.25, 0.3) is 0 Å². The van der Waals surface area contributed by atoms with Crippen LogP contribution in [0.25, 0.3) is 0 Å². The maximum Gasteiger partial charge on any atom is 0.128 e. The molecule has 2 atom stereocenters. The zero-order valence-corrected chi connectivity index (χ0v) is 12.1. The second-order valence-corrected chi connectivity index (χ2v) is 5.73. The molecule has 0 aromatic heterocycles. The normalized spacial score (nSPS) is 23.1. The summed E-state index contributed by atoms with van der Waals surface area (Å²) in [4.78, 5) is 2.31. The minimum absolute atomic E-state index is 0.0145. The summed E-state index contributed by atoms with van der Waals surface area (Å²) in [6.45, 7) is 1.77. The van der Waals surface area contributed by atoms with Crippen molar-refractivity contribution in [3.05, 3.63) is 71.5 Å². The molecule has 0 unspecified atom stereocenters. The predicted molar refractivity (Wildman–Crippen MR) is 83.2 cm³/mol. The van der Waals surface area contributed by atoms with Crippen LogP contribution in [0, 0.1) is 5.82 Å². The van der Waals surface area contributed by atoms with E-state index in [4.69, 9.17) is 5.73 Å². The molecule has 0 saturated carbocycles. The van der Waals surface area contributed by atoms with Crippen molar-refractivity contribution in [3.8, 4) is 0 Å². The van der Waals surface area contributed by atoms with Crippen molar-refractivity contribution in [3.63, 3.8) is 0 Å². The molecular formula is C18H21FN2. The molecule has 110 valence electrons. The minimum atomic E-state index is -0.155. The Hall–Kier alpha value is -1.71. The standard InChI is InChI=1S/C18H21FN2/c19-16-10-5-4-9-15(16)18-17(20)11-6-12-21(18)13-14-7-2-1-3-8-14/h1-5,7-10,17-18H,6,11-13,20H2/t17-,18+/m1/s1. The minimum Gasteiger partial charge on any atom is -0.326 e. The third-order valence-electron chi connectivity index (χ3n) is 4.23. The smallest absolute Gasteiger partial charge is 0.128 e. The van der Waals surface area contributed by atoms with Crippen molar-refractivity contribution in [1.29, 1.82) is 0 Å². The number of hydrogen-bond donors (Lipinski definition) is 1. The van der Waals surface area contributed by atoms with E-state index in [2.05, 4.69) is 17.0 Å². The van der Waals surface area contributed by atoms with Gasteiger partial charge in [-0.05, 0) is 31.0 Å². The molecular weight excluding hydrogens is 263 g/mol. The fourth-order valence-corrected chi connectivity index (χ4v) is 3.24. The molecule has 0 bridgehead atoms. The number of likely N-dealkylation sites (tertiary alicyclic amines) is 1. The summed E-state index contributed by atoms with van der Waals surface area (Å²) in [6, 6.07) is 17.3. The summed E-state index contributed by atoms with van der Waals surface area (Å²) in [7, 11) is 0. The van der Waals surface area contributed by atoms with Crippen LogP contribution in [0.5, 0.6) is 0 Å². The number of nitrogens with zero attached hydrogens (tertiary/aromatic N) is 1. The number of hydrogen-bond acceptors (Lipinski definition) is 2. The number of benzene rings is 2. The summed E-state index contributed by atoms with van der Waals surface area (Å²) in [6.07, 6.45) is 2.02. The highest BCUT2D eigenvalue weighted by Gasteiger charge is 2.31. The molecule has 21 heavy (non-hydrogen) atoms. The molecule has 2 nitrogen and oxygen atoms in total. The highest BCUT2D eigenvalue weighted by Crippen LogP contribution is 2.32. The van der Waals surface area contributed by atoms with Crippen molar-refractivity contribution >= 4 is 0 Å². The van der Waals surface area contributed by atoms with Crippen LogP contribution in [0.3, 0.4) is 0 Å². The van der Waals surface area contributed by atoms with Gasteiger partial charge in [-0.15, -0.1) is 0 Å². The van der Waals surface area contributed by atoms with Crippen LogP contribution in [0.1, 0.15) is 30.0 Å². The van der Waals surface area contributed by atoms with Crippen molar-refractivity contribution in [2.75, 3.05) is 6.54 Å². The van der Waals surface area contributed by atoms with E-state index in [1.54, 1.807) is 6.07 Å². The van der Waals surface area contributed by atoms with Gasteiger partial charge in [0.15, 0.2) is 0 Å². The van der Waals surface area contributed by atoms with Gasteiger partial charge in [-0.3, -0.25) is 4.90 Å². The maximum absolute atomic E-state index is 14.2. The Kier molecular flexibility index (Phi) is 4.32. The quantitative estimate of drug-likeness (QED) is 0.935. The van der Waals surface area contributed by atoms with Gasteiger partial charge in [0, 0.05) is 18.2 Å². The molecule has 1 aliphatic rings. The summed E-state index contributed by atoms with van der Waals surface area (Å²) in [5.41, 5.74) is 8.28. The maximum atomic E-state index is 14.2. The van der Waals surface area contributed by atoms with E-state index in [0.29, 0.717) is 0 Å². The lowest BCUT2D eigenvalue weighted by Crippen LogP contribution is -2.45. The van der Waals surface area contributed by atoms with Gasteiger partial charge in [-0.2, -0.15) is 0 Å². The van der Waals surface area contributed by atoms with Gasteiger partial charge in [0.05, 0.1) is 6.04 Å². The summed E-state index contributed by atoms with van der Waals surface area (Å²) in [5.74, 6) is -0.155. The lowest BCUT2D eigenvalue weighted by atomic mass is 9.90. The fraction of sp³-hybridized carbons (Fsp3) is 0.333. The van der Waals surface area contributed by atoms with Crippen molar-refractivity contribution in [1.82, 2.24) is 4.90 Å². The highest BCUT2D eigenvalue weighted by molar-refractivity contribution is 5.24. The Bertz CT molecular complexity index is 585. The number of nitrogens with two attached hydrogens (primary N) is 1. The van der Waals surface area contributed by atoms with E-state index >= 15 is 0 Å². The second kappa shape index (κ2) is 6.37. The van der Waals surface area contributed by atoms with Crippen LogP contribution < -0.4 is 5.73 Å². The first-order chi connectivity index (χ1) is 10.3. The molecule has 1 saturated heterocycles. The molecule has 1 aliphatic heterocycles. The van der Waals surface area contributed by atoms with Gasteiger partial charge >= 0.3 is 0 Å². The number of halogens is 1. The Morgan fingerprint density at radius 2 is 1.76 bits per heavy atom. The molecule has 0 spiro atoms. The molecule has 3 heteroatoms. The number of rotatable bonds is 3. The first kappa shape index (κ1) is 14.2. The van der Waals surface area contributed by atoms with Crippen LogP contribution in [0.4, 0.5) is 4.39 Å². The predicted octanol–water partition coefficient (Wildman–Crippen LogP) is 3.49. The van der Waals surface area contributed by atoms with E-state index in [9.17, 15) is 4.39 Å². The first-order valence-corrected chi connectivity index (χ1v) is 7.53. The lowest BCUT2D eigenvalue weighted by Gasteiger charge is -2.40. The highest BCUT2D eigenvalue weighted by atomic mass is 19.1. The van der Waals surface area contributed by atoms with E-state index in [1.807, 2.05) is 30.3 Å². The van der Waals surface area contributed by atoms with Crippen LogP contribution in [0.2, 0.25) is 0 Å². The third-order valence-corrected chi connectivity index (χ3v) is 4.23. The summed E-state index contributed by atoms with van der Waals surface area (Å²) in [5, 5.41) is 0. The van der Waals surface area contributed by atoms with Gasteiger partial charge in [0.2, 0.25) is 0 Å². The van der Waals surface area contributed by atoms with Gasteiger partial charge in [-0.25, -0.2) is 4.39 Å². The molecule has 0 amide bonds. The Morgan fingerprint density at radius 1 is 1.05 bits per heavy atom. The monoisotopic (exact) mass is 284 g/mol. The fourth-order valence-electron chi connectivity index (χ4n) is 3.24. The average molecular weight is 284 g/mol. The SMILES string of the molecule is N[C@@H]1CCCN(Cc2ccccc2)[C@H]1c1ccccc1F. The van der Waals surface area contributed by atoms with Gasteiger partial charge < -0.3 is 5.73 Å². The van der Waals surface area contributed by atoms with E-state index in [-0.39, 0.29) is 17.9 Å². The van der Waals surface area contributed by atoms with E-state index < -0.39 is 0 Å². The summed E-state index contributed by atoms with van der Waals surface area (Å²) < 4.78 is 14.2. The van der Waals surface area contributed by atoms with Crippen molar-refractivity contribution in [2.45, 2.75) is 31.5 Å². The number of piperidine rings is 1. The molecule has 1 heterocycles. The topological polar surface area (TPSA) is 29.3 Å². The molecule has 0 aliphatic carbocycles. The molecule has 0 radical (unpaired) electrons.